The molecule has 0 fully saturated rings. The third-order valence-corrected chi connectivity index (χ3v) is 1.93. The Hall–Kier alpha value is -1.14. The minimum Gasteiger partial charge on any atom is -0.436 e. The lowest BCUT2D eigenvalue weighted by Gasteiger charge is -2.09. The van der Waals surface area contributed by atoms with Crippen LogP contribution in [0.4, 0.5) is 0 Å². The van der Waals surface area contributed by atoms with Crippen molar-refractivity contribution in [3.63, 3.8) is 0 Å². The normalized spacial score (nSPS) is 13.1. The summed E-state index contributed by atoms with van der Waals surface area (Å²) in [6, 6.07) is 0. The lowest BCUT2D eigenvalue weighted by atomic mass is 10.4. The molecule has 0 aliphatic carbocycles. The fourth-order valence-electron chi connectivity index (χ4n) is 0.437. The number of rotatable bonds is 4. The quantitative estimate of drug-likeness (QED) is 0.313. The van der Waals surface area contributed by atoms with Crippen LogP contribution >= 0.6 is 0 Å². The van der Waals surface area contributed by atoms with Crippen molar-refractivity contribution in [2.75, 3.05) is 0 Å². The van der Waals surface area contributed by atoms with Crippen LogP contribution in [0.1, 0.15) is 6.92 Å². The van der Waals surface area contributed by atoms with Gasteiger partial charge in [-0.25, -0.2) is 4.79 Å². The maximum atomic E-state index is 10.8. The van der Waals surface area contributed by atoms with Gasteiger partial charge in [-0.2, -0.15) is 8.42 Å². The second-order valence-corrected chi connectivity index (χ2v) is 3.80. The highest BCUT2D eigenvalue weighted by Crippen LogP contribution is 2.05. The predicted octanol–water partition coefficient (Wildman–Crippen LogP) is 0.506. The zero-order chi connectivity index (χ0) is 10.6. The summed E-state index contributed by atoms with van der Waals surface area (Å²) in [5.74, 6) is -0.900. The lowest BCUT2D eigenvalue weighted by molar-refractivity contribution is -0.139. The van der Waals surface area contributed by atoms with E-state index in [1.165, 1.54) is 6.92 Å². The molecule has 0 aromatic heterocycles. The van der Waals surface area contributed by atoms with Crippen LogP contribution in [-0.2, 0) is 19.6 Å². The maximum Gasteiger partial charge on any atom is 0.334 e. The highest BCUT2D eigenvalue weighted by atomic mass is 32.2. The molecule has 0 radical (unpaired) electrons. The molecule has 0 spiro atoms. The molecular formula is C7H10O5S. The second-order valence-electron chi connectivity index (χ2n) is 2.30. The van der Waals surface area contributed by atoms with Crippen molar-refractivity contribution in [2.24, 2.45) is 0 Å². The zero-order valence-electron chi connectivity index (χ0n) is 7.06. The number of ether oxygens (including phenoxy) is 1. The average Bonchev–Trinajstić information content (AvgIpc) is 1.96. The molecule has 1 N–H and O–H groups in total. The van der Waals surface area contributed by atoms with Crippen LogP contribution in [-0.4, -0.2) is 24.4 Å². The Bertz CT molecular complexity index is 327. The van der Waals surface area contributed by atoms with Crippen LogP contribution in [0.3, 0.4) is 0 Å². The molecule has 5 nitrogen and oxygen atoms in total. The molecule has 0 amide bonds. The first-order valence-electron chi connectivity index (χ1n) is 3.24. The van der Waals surface area contributed by atoms with Gasteiger partial charge in [-0.1, -0.05) is 13.2 Å². The summed E-state index contributed by atoms with van der Waals surface area (Å²) in [4.78, 5) is 10.8. The second kappa shape index (κ2) is 4.20. The molecule has 74 valence electrons. The summed E-state index contributed by atoms with van der Waals surface area (Å²) in [6.07, 6.45) is 0.802. The van der Waals surface area contributed by atoms with Gasteiger partial charge in [0, 0.05) is 5.57 Å². The highest BCUT2D eigenvalue weighted by Gasteiger charge is 2.23. The van der Waals surface area contributed by atoms with Gasteiger partial charge in [0.15, 0.2) is 0 Å². The van der Waals surface area contributed by atoms with E-state index in [0.717, 1.165) is 6.08 Å². The van der Waals surface area contributed by atoms with E-state index < -0.39 is 21.5 Å². The zero-order valence-corrected chi connectivity index (χ0v) is 7.87. The number of hydrogen-bond acceptors (Lipinski definition) is 4. The Morgan fingerprint density at radius 1 is 1.62 bits per heavy atom. The highest BCUT2D eigenvalue weighted by molar-refractivity contribution is 7.86. The number of carbonyl (C=O) groups is 1. The summed E-state index contributed by atoms with van der Waals surface area (Å²) < 4.78 is 33.8. The first kappa shape index (κ1) is 11.9. The van der Waals surface area contributed by atoms with Gasteiger partial charge < -0.3 is 4.74 Å². The number of carbonyl (C=O) groups excluding carboxylic acids is 1. The van der Waals surface area contributed by atoms with E-state index in [9.17, 15) is 13.2 Å². The number of esters is 1. The van der Waals surface area contributed by atoms with Crippen molar-refractivity contribution in [3.05, 3.63) is 24.8 Å². The Morgan fingerprint density at radius 2 is 2.08 bits per heavy atom. The van der Waals surface area contributed by atoms with Crippen molar-refractivity contribution >= 4 is 16.1 Å². The third kappa shape index (κ3) is 3.86. The fraction of sp³-hybridized carbons (Fsp3) is 0.286. The fourth-order valence-corrected chi connectivity index (χ4v) is 0.889. The lowest BCUT2D eigenvalue weighted by Crippen LogP contribution is -2.24. The van der Waals surface area contributed by atoms with Gasteiger partial charge in [-0.3, -0.25) is 4.55 Å². The Kier molecular flexibility index (Phi) is 3.83. The van der Waals surface area contributed by atoms with Crippen LogP contribution in [0.5, 0.6) is 0 Å². The summed E-state index contributed by atoms with van der Waals surface area (Å²) in [5.41, 5.74) is -1.70. The van der Waals surface area contributed by atoms with Gasteiger partial charge in [0.2, 0.25) is 5.44 Å². The standard InChI is InChI=1S/C7H10O5S/c1-4-6(13(9,10)11)12-7(8)5(2)3/h4,6H,1-2H2,3H3,(H,9,10,11). The van der Waals surface area contributed by atoms with E-state index in [1.807, 2.05) is 0 Å². The topological polar surface area (TPSA) is 80.7 Å². The maximum absolute atomic E-state index is 10.8. The van der Waals surface area contributed by atoms with E-state index in [1.54, 1.807) is 0 Å². The predicted molar refractivity (Wildman–Crippen MR) is 46.4 cm³/mol. The van der Waals surface area contributed by atoms with Crippen LogP contribution in [0, 0.1) is 0 Å². The van der Waals surface area contributed by atoms with Gasteiger partial charge in [0.25, 0.3) is 0 Å². The van der Waals surface area contributed by atoms with Crippen molar-refractivity contribution in [3.8, 4) is 0 Å². The summed E-state index contributed by atoms with van der Waals surface area (Å²) >= 11 is 0. The van der Waals surface area contributed by atoms with E-state index in [-0.39, 0.29) is 5.57 Å². The molecule has 1 atom stereocenters. The molecule has 1 unspecified atom stereocenters. The van der Waals surface area contributed by atoms with Crippen LogP contribution in [0.15, 0.2) is 24.8 Å². The van der Waals surface area contributed by atoms with Gasteiger partial charge in [-0.15, -0.1) is 0 Å². The Labute approximate surface area is 76.5 Å². The van der Waals surface area contributed by atoms with Crippen LogP contribution in [0.2, 0.25) is 0 Å². The largest absolute Gasteiger partial charge is 0.436 e. The first-order chi connectivity index (χ1) is 5.79. The smallest absolute Gasteiger partial charge is 0.334 e. The van der Waals surface area contributed by atoms with E-state index in [4.69, 9.17) is 4.55 Å². The SMILES string of the molecule is C=CC(OC(=O)C(=C)C)S(=O)(=O)O. The minimum atomic E-state index is -4.45. The molecular weight excluding hydrogens is 196 g/mol. The molecule has 0 bridgehead atoms. The van der Waals surface area contributed by atoms with E-state index in [0.29, 0.717) is 0 Å². The summed E-state index contributed by atoms with van der Waals surface area (Å²) in [5, 5.41) is 0. The van der Waals surface area contributed by atoms with Crippen molar-refractivity contribution < 1.29 is 22.5 Å². The molecule has 6 heteroatoms. The van der Waals surface area contributed by atoms with E-state index in [2.05, 4.69) is 17.9 Å². The molecule has 0 aliphatic rings. The Morgan fingerprint density at radius 3 is 2.31 bits per heavy atom. The molecule has 0 saturated carbocycles. The molecule has 0 saturated heterocycles. The third-order valence-electron chi connectivity index (χ3n) is 1.06. The van der Waals surface area contributed by atoms with Gasteiger partial charge in [0.1, 0.15) is 0 Å². The molecule has 13 heavy (non-hydrogen) atoms. The average molecular weight is 206 g/mol. The van der Waals surface area contributed by atoms with Crippen molar-refractivity contribution in [1.29, 1.82) is 0 Å². The van der Waals surface area contributed by atoms with Gasteiger partial charge in [-0.05, 0) is 13.0 Å². The summed E-state index contributed by atoms with van der Waals surface area (Å²) in [6.45, 7) is 7.69. The number of hydrogen-bond donors (Lipinski definition) is 1. The van der Waals surface area contributed by atoms with Gasteiger partial charge >= 0.3 is 16.1 Å². The summed E-state index contributed by atoms with van der Waals surface area (Å²) in [7, 11) is -4.45. The monoisotopic (exact) mass is 206 g/mol. The van der Waals surface area contributed by atoms with E-state index >= 15 is 0 Å². The Balaban J connectivity index is 4.59. The van der Waals surface area contributed by atoms with Crippen LogP contribution in [0.25, 0.3) is 0 Å². The molecule has 0 rings (SSSR count). The van der Waals surface area contributed by atoms with Crippen LogP contribution < -0.4 is 0 Å². The van der Waals surface area contributed by atoms with Crippen molar-refractivity contribution in [1.82, 2.24) is 0 Å². The van der Waals surface area contributed by atoms with Gasteiger partial charge in [0.05, 0.1) is 0 Å². The molecule has 0 aromatic rings. The minimum absolute atomic E-state index is 0.0375. The first-order valence-corrected chi connectivity index (χ1v) is 4.74. The molecule has 0 aliphatic heterocycles. The van der Waals surface area contributed by atoms with Crippen molar-refractivity contribution in [2.45, 2.75) is 12.4 Å². The molecule has 0 aromatic carbocycles. The molecule has 0 heterocycles.